The van der Waals surface area contributed by atoms with Crippen molar-refractivity contribution in [2.45, 2.75) is 150 Å². The highest BCUT2D eigenvalue weighted by molar-refractivity contribution is 5.99. The molecule has 0 unspecified atom stereocenters. The Labute approximate surface area is 412 Å². The highest BCUT2D eigenvalue weighted by Gasteiger charge is 2.37. The van der Waals surface area contributed by atoms with Crippen LogP contribution in [0, 0.1) is 23.7 Å². The second-order valence-corrected chi connectivity index (χ2v) is 18.4. The summed E-state index contributed by atoms with van der Waals surface area (Å²) in [5.74, 6) is -14.0. The zero-order valence-electron chi connectivity index (χ0n) is 41.8. The van der Waals surface area contributed by atoms with Gasteiger partial charge in [0.1, 0.15) is 54.1 Å². The van der Waals surface area contributed by atoms with E-state index in [1.807, 2.05) is 0 Å². The van der Waals surface area contributed by atoms with Crippen molar-refractivity contribution in [3.8, 4) is 5.75 Å². The third kappa shape index (κ3) is 22.3. The number of amides is 10. The summed E-state index contributed by atoms with van der Waals surface area (Å²) >= 11 is 0. The molecule has 10 amide bonds. The van der Waals surface area contributed by atoms with E-state index < -0.39 is 156 Å². The van der Waals surface area contributed by atoms with Gasteiger partial charge in [-0.1, -0.05) is 73.9 Å². The zero-order chi connectivity index (χ0) is 54.4. The Hall–Kier alpha value is -7.34. The van der Waals surface area contributed by atoms with Crippen LogP contribution in [0.15, 0.2) is 24.3 Å². The first-order valence-corrected chi connectivity index (χ1v) is 23.1. The van der Waals surface area contributed by atoms with Crippen LogP contribution in [0.1, 0.15) is 100 Å². The van der Waals surface area contributed by atoms with Crippen molar-refractivity contribution in [3.05, 3.63) is 29.8 Å². The minimum atomic E-state index is -1.86. The molecule has 0 saturated carbocycles. The van der Waals surface area contributed by atoms with E-state index in [2.05, 4.69) is 47.9 Å². The smallest absolute Gasteiger partial charge is 0.326 e. The highest BCUT2D eigenvalue weighted by atomic mass is 16.4. The number of phenols is 1. The second-order valence-electron chi connectivity index (χ2n) is 18.4. The molecule has 0 aliphatic heterocycles. The third-order valence-electron chi connectivity index (χ3n) is 10.9. The van der Waals surface area contributed by atoms with E-state index in [1.165, 1.54) is 26.0 Å². The van der Waals surface area contributed by atoms with Gasteiger partial charge in [-0.25, -0.2) is 4.79 Å². The van der Waals surface area contributed by atoms with E-state index in [0.29, 0.717) is 5.56 Å². The molecule has 9 atom stereocenters. The number of hydrogen-bond acceptors (Lipinski definition) is 13. The van der Waals surface area contributed by atoms with Crippen LogP contribution in [0.2, 0.25) is 0 Å². The zero-order valence-corrected chi connectivity index (χ0v) is 41.8. The lowest BCUT2D eigenvalue weighted by atomic mass is 9.95. The number of aromatic hydroxyl groups is 1. The number of carbonyl (C=O) groups is 12. The Morgan fingerprint density at radius 1 is 0.549 bits per heavy atom. The molecule has 0 heterocycles. The molecule has 0 aliphatic carbocycles. The molecule has 25 nitrogen and oxygen atoms in total. The summed E-state index contributed by atoms with van der Waals surface area (Å²) in [6.45, 7) is 15.0. The van der Waals surface area contributed by atoms with Gasteiger partial charge < -0.3 is 68.9 Å². The number of phenolic OH excluding ortho intramolecular Hbond substituents is 1. The Morgan fingerprint density at radius 3 is 1.48 bits per heavy atom. The van der Waals surface area contributed by atoms with Gasteiger partial charge in [-0.05, 0) is 54.7 Å². The van der Waals surface area contributed by atoms with Crippen LogP contribution in [-0.4, -0.2) is 141 Å². The van der Waals surface area contributed by atoms with Crippen molar-refractivity contribution in [1.29, 1.82) is 0 Å². The molecule has 14 N–H and O–H groups in total. The molecule has 25 heteroatoms. The number of benzene rings is 1. The summed E-state index contributed by atoms with van der Waals surface area (Å²) in [7, 11) is 0. The number of aliphatic carboxylic acids is 2. The number of nitrogens with one attached hydrogen (secondary N) is 9. The molecule has 71 heavy (non-hydrogen) atoms. The topological polar surface area (TPSA) is 400 Å². The van der Waals surface area contributed by atoms with E-state index in [9.17, 15) is 72.9 Å². The molecular weight excluding hydrogens is 933 g/mol. The summed E-state index contributed by atoms with van der Waals surface area (Å²) in [6, 6.07) is -5.44. The van der Waals surface area contributed by atoms with E-state index in [4.69, 9.17) is 5.73 Å². The molecule has 0 aliphatic rings. The lowest BCUT2D eigenvalue weighted by molar-refractivity contribution is -0.144. The van der Waals surface area contributed by atoms with Gasteiger partial charge in [0, 0.05) is 13.3 Å². The first-order chi connectivity index (χ1) is 33.0. The molecule has 0 saturated heterocycles. The number of primary amides is 1. The number of hydrogen-bond donors (Lipinski definition) is 13. The summed E-state index contributed by atoms with van der Waals surface area (Å²) in [6.07, 6.45) is -1.58. The second kappa shape index (κ2) is 29.6. The first kappa shape index (κ1) is 61.7. The number of nitrogens with two attached hydrogens (primary N) is 1. The van der Waals surface area contributed by atoms with Crippen molar-refractivity contribution in [2.24, 2.45) is 29.4 Å². The maximum Gasteiger partial charge on any atom is 0.326 e. The van der Waals surface area contributed by atoms with Gasteiger partial charge in [0.15, 0.2) is 0 Å². The van der Waals surface area contributed by atoms with Gasteiger partial charge in [0.25, 0.3) is 0 Å². The highest BCUT2D eigenvalue weighted by Crippen LogP contribution is 2.14. The largest absolute Gasteiger partial charge is 0.508 e. The predicted molar refractivity (Wildman–Crippen MR) is 254 cm³/mol. The first-order valence-electron chi connectivity index (χ1n) is 23.1. The maximum absolute atomic E-state index is 13.9. The fraction of sp³-hybridized carbons (Fsp3) is 0.609. The SMILES string of the molecule is CC[C@@H](C)[C@H](NC(=O)[C@@H](NC(=O)[C@@H](NC(=O)CNC(=O)[C@H](C)NC(=O)[C@H](Cc1ccc(O)cc1)NC(C)=O)C(C)C)C(C)C)C(=O)N[C@@H](CC(N)=O)C(=O)N[C@@H](CC(=O)O)C(=O)N[C@@H](CC(C)C)C(=O)O. The fourth-order valence-corrected chi connectivity index (χ4v) is 6.80. The molecule has 0 fully saturated rings. The fourth-order valence-electron chi connectivity index (χ4n) is 6.80. The molecule has 1 aromatic rings. The van der Waals surface area contributed by atoms with E-state index in [-0.39, 0.29) is 30.9 Å². The molecule has 1 rings (SSSR count). The van der Waals surface area contributed by atoms with Gasteiger partial charge in [0.2, 0.25) is 59.1 Å². The van der Waals surface area contributed by atoms with Gasteiger partial charge in [0.05, 0.1) is 19.4 Å². The summed E-state index contributed by atoms with van der Waals surface area (Å²) in [5, 5.41) is 50.3. The van der Waals surface area contributed by atoms with Crippen LogP contribution in [-0.2, 0) is 64.0 Å². The number of carboxylic acid groups (broad SMARTS) is 2. The Morgan fingerprint density at radius 2 is 1.01 bits per heavy atom. The standard InChI is InChI=1S/C46H72N10O15/c1-11-24(8)38(45(69)52-30(18-33(47)59)41(65)51-31(19-35(61)62)42(66)53-32(46(70)71)16-21(2)3)56-44(68)37(23(6)7)55-43(67)36(22(4)5)54-34(60)20-48-39(63)25(9)49-40(64)29(50-26(10)57)17-27-12-14-28(58)15-13-27/h12-15,21-25,29-32,36-38,58H,11,16-20H2,1-10H3,(H2,47,59)(H,48,63)(H,49,64)(H,50,57)(H,51,65)(H,52,69)(H,53,66)(H,54,60)(H,55,67)(H,56,68)(H,61,62)(H,70,71)/t24-,25+,29+,30+,31+,32+,36+,37+,38+/m1/s1. The van der Waals surface area contributed by atoms with Gasteiger partial charge in [-0.3, -0.25) is 52.7 Å². The van der Waals surface area contributed by atoms with Crippen LogP contribution in [0.3, 0.4) is 0 Å². The van der Waals surface area contributed by atoms with Gasteiger partial charge in [-0.2, -0.15) is 0 Å². The monoisotopic (exact) mass is 1000 g/mol. The number of rotatable bonds is 30. The molecular formula is C46H72N10O15. The van der Waals surface area contributed by atoms with Gasteiger partial charge in [-0.15, -0.1) is 0 Å². The van der Waals surface area contributed by atoms with Crippen molar-refractivity contribution in [1.82, 2.24) is 47.9 Å². The molecule has 396 valence electrons. The average molecular weight is 1010 g/mol. The predicted octanol–water partition coefficient (Wildman–Crippen LogP) is -2.19. The van der Waals surface area contributed by atoms with E-state index in [1.54, 1.807) is 67.5 Å². The van der Waals surface area contributed by atoms with Gasteiger partial charge >= 0.3 is 11.9 Å². The third-order valence-corrected chi connectivity index (χ3v) is 10.9. The van der Waals surface area contributed by atoms with Crippen LogP contribution >= 0.6 is 0 Å². The van der Waals surface area contributed by atoms with Crippen molar-refractivity contribution >= 4 is 71.0 Å². The van der Waals surface area contributed by atoms with Crippen molar-refractivity contribution in [2.75, 3.05) is 6.54 Å². The summed E-state index contributed by atoms with van der Waals surface area (Å²) < 4.78 is 0. The van der Waals surface area contributed by atoms with Crippen molar-refractivity contribution < 1.29 is 72.9 Å². The minimum Gasteiger partial charge on any atom is -0.508 e. The normalized spacial score (nSPS) is 14.9. The van der Waals surface area contributed by atoms with Crippen molar-refractivity contribution in [3.63, 3.8) is 0 Å². The Bertz CT molecular complexity index is 2080. The quantitative estimate of drug-likeness (QED) is 0.0389. The van der Waals surface area contributed by atoms with E-state index in [0.717, 1.165) is 0 Å². The van der Waals surface area contributed by atoms with Crippen LogP contribution in [0.5, 0.6) is 5.75 Å². The lowest BCUT2D eigenvalue weighted by Crippen LogP contribution is -2.62. The van der Waals surface area contributed by atoms with Crippen LogP contribution in [0.25, 0.3) is 0 Å². The Kier molecular flexibility index (Phi) is 25.7. The number of carbonyl (C=O) groups excluding carboxylic acids is 10. The molecule has 0 aromatic heterocycles. The molecule has 0 spiro atoms. The molecule has 0 bridgehead atoms. The summed E-state index contributed by atoms with van der Waals surface area (Å²) in [4.78, 5) is 155. The maximum atomic E-state index is 13.9. The average Bonchev–Trinajstić information content (AvgIpc) is 3.26. The number of carboxylic acids is 2. The lowest BCUT2D eigenvalue weighted by Gasteiger charge is -2.30. The minimum absolute atomic E-state index is 0.00223. The summed E-state index contributed by atoms with van der Waals surface area (Å²) in [5.41, 5.74) is 5.98. The van der Waals surface area contributed by atoms with E-state index >= 15 is 0 Å². The Balaban J connectivity index is 3.15. The van der Waals surface area contributed by atoms with Crippen LogP contribution in [0.4, 0.5) is 0 Å². The molecule has 0 radical (unpaired) electrons. The van der Waals surface area contributed by atoms with Crippen LogP contribution < -0.4 is 53.6 Å². The molecule has 1 aromatic carbocycles.